The Hall–Kier alpha value is -1.15. The zero-order valence-electron chi connectivity index (χ0n) is 10.7. The quantitative estimate of drug-likeness (QED) is 0.826. The molecule has 1 saturated heterocycles. The van der Waals surface area contributed by atoms with Crippen LogP contribution in [-0.2, 0) is 19.6 Å². The first-order valence-corrected chi connectivity index (χ1v) is 7.72. The van der Waals surface area contributed by atoms with Gasteiger partial charge in [0.05, 0.1) is 18.2 Å². The summed E-state index contributed by atoms with van der Waals surface area (Å²) < 4.78 is 30.6. The molecule has 20 heavy (non-hydrogen) atoms. The van der Waals surface area contributed by atoms with Crippen molar-refractivity contribution in [1.29, 1.82) is 0 Å². The number of hydrogen-bond donors (Lipinski definition) is 1. The van der Waals surface area contributed by atoms with Gasteiger partial charge in [-0.15, -0.1) is 0 Å². The highest BCUT2D eigenvalue weighted by Crippen LogP contribution is 2.30. The molecular weight excluding hydrogens is 306 g/mol. The van der Waals surface area contributed by atoms with E-state index in [0.29, 0.717) is 0 Å². The Morgan fingerprint density at radius 1 is 1.45 bits per heavy atom. The SMILES string of the molecule is COC(=O)C1CC(O)CN1S(=O)(=O)c1ccccc1Cl. The molecule has 6 nitrogen and oxygen atoms in total. The van der Waals surface area contributed by atoms with Crippen LogP contribution in [0.3, 0.4) is 0 Å². The predicted molar refractivity (Wildman–Crippen MR) is 71.8 cm³/mol. The van der Waals surface area contributed by atoms with Gasteiger partial charge in [-0.2, -0.15) is 4.31 Å². The minimum atomic E-state index is -3.97. The number of sulfonamides is 1. The summed E-state index contributed by atoms with van der Waals surface area (Å²) in [5.41, 5.74) is 0. The third-order valence-electron chi connectivity index (χ3n) is 3.13. The largest absolute Gasteiger partial charge is 0.468 e. The maximum atomic E-state index is 12.6. The first kappa shape index (κ1) is 15.2. The molecule has 110 valence electrons. The molecule has 8 heteroatoms. The predicted octanol–water partition coefficient (Wildman–Crippen LogP) is 0.637. The van der Waals surface area contributed by atoms with Crippen molar-refractivity contribution in [2.24, 2.45) is 0 Å². The van der Waals surface area contributed by atoms with Crippen molar-refractivity contribution in [1.82, 2.24) is 4.31 Å². The number of carbonyl (C=O) groups is 1. The average Bonchev–Trinajstić information content (AvgIpc) is 2.81. The van der Waals surface area contributed by atoms with Crippen LogP contribution < -0.4 is 0 Å². The normalized spacial score (nSPS) is 23.8. The summed E-state index contributed by atoms with van der Waals surface area (Å²) in [6.07, 6.45) is -0.896. The number of benzene rings is 1. The van der Waals surface area contributed by atoms with E-state index < -0.39 is 28.1 Å². The Balaban J connectivity index is 2.43. The minimum Gasteiger partial charge on any atom is -0.468 e. The third-order valence-corrected chi connectivity index (χ3v) is 5.50. The molecule has 0 spiro atoms. The van der Waals surface area contributed by atoms with Crippen LogP contribution in [0.2, 0.25) is 5.02 Å². The Kier molecular flexibility index (Phi) is 4.33. The first-order chi connectivity index (χ1) is 9.37. The van der Waals surface area contributed by atoms with Crippen LogP contribution >= 0.6 is 11.6 Å². The molecule has 0 radical (unpaired) electrons. The maximum absolute atomic E-state index is 12.6. The number of aliphatic hydroxyl groups excluding tert-OH is 1. The molecule has 1 heterocycles. The van der Waals surface area contributed by atoms with E-state index in [-0.39, 0.29) is 22.9 Å². The monoisotopic (exact) mass is 319 g/mol. The minimum absolute atomic E-state index is 0.0103. The van der Waals surface area contributed by atoms with Gasteiger partial charge in [0, 0.05) is 13.0 Å². The Morgan fingerprint density at radius 3 is 2.70 bits per heavy atom. The first-order valence-electron chi connectivity index (χ1n) is 5.90. The van der Waals surface area contributed by atoms with Crippen molar-refractivity contribution in [3.05, 3.63) is 29.3 Å². The van der Waals surface area contributed by atoms with Crippen LogP contribution in [0.1, 0.15) is 6.42 Å². The van der Waals surface area contributed by atoms with Gasteiger partial charge >= 0.3 is 5.97 Å². The fraction of sp³-hybridized carbons (Fsp3) is 0.417. The number of methoxy groups -OCH3 is 1. The van der Waals surface area contributed by atoms with Crippen LogP contribution in [0.25, 0.3) is 0 Å². The summed E-state index contributed by atoms with van der Waals surface area (Å²) in [6.45, 7) is -0.159. The van der Waals surface area contributed by atoms with Gasteiger partial charge in [-0.25, -0.2) is 8.42 Å². The zero-order chi connectivity index (χ0) is 14.9. The lowest BCUT2D eigenvalue weighted by Crippen LogP contribution is -2.41. The molecule has 2 rings (SSSR count). The molecule has 0 saturated carbocycles. The standard InChI is InChI=1S/C12H14ClNO5S/c1-19-12(16)10-6-8(15)7-14(10)20(17,18)11-5-3-2-4-9(11)13/h2-5,8,10,15H,6-7H2,1H3. The van der Waals surface area contributed by atoms with Crippen molar-refractivity contribution in [2.45, 2.75) is 23.5 Å². The van der Waals surface area contributed by atoms with Gasteiger partial charge < -0.3 is 9.84 Å². The summed E-state index contributed by atoms with van der Waals surface area (Å²) in [6, 6.07) is 4.93. The number of esters is 1. The van der Waals surface area contributed by atoms with E-state index in [1.54, 1.807) is 12.1 Å². The van der Waals surface area contributed by atoms with Crippen molar-refractivity contribution >= 4 is 27.6 Å². The van der Waals surface area contributed by atoms with Crippen LogP contribution in [-0.4, -0.2) is 49.6 Å². The number of ether oxygens (including phenoxy) is 1. The Morgan fingerprint density at radius 2 is 2.10 bits per heavy atom. The van der Waals surface area contributed by atoms with Gasteiger partial charge in [0.1, 0.15) is 10.9 Å². The van der Waals surface area contributed by atoms with E-state index in [1.165, 1.54) is 19.2 Å². The molecule has 0 amide bonds. The van der Waals surface area contributed by atoms with E-state index >= 15 is 0 Å². The van der Waals surface area contributed by atoms with Crippen LogP contribution in [0.15, 0.2) is 29.2 Å². The molecule has 1 aromatic carbocycles. The van der Waals surface area contributed by atoms with Crippen LogP contribution in [0.5, 0.6) is 0 Å². The van der Waals surface area contributed by atoms with Gasteiger partial charge in [0.15, 0.2) is 0 Å². The van der Waals surface area contributed by atoms with Gasteiger partial charge in [-0.05, 0) is 12.1 Å². The Bertz CT molecular complexity index is 618. The highest BCUT2D eigenvalue weighted by molar-refractivity contribution is 7.89. The topological polar surface area (TPSA) is 83.9 Å². The summed E-state index contributed by atoms with van der Waals surface area (Å²) in [5.74, 6) is -0.697. The number of β-amino-alcohol motifs (C(OH)–C–C–N with tert-alkyl or cyclic N) is 1. The van der Waals surface area contributed by atoms with Crippen LogP contribution in [0.4, 0.5) is 0 Å². The van der Waals surface area contributed by atoms with Crippen molar-refractivity contribution in [2.75, 3.05) is 13.7 Å². The number of carbonyl (C=O) groups excluding carboxylic acids is 1. The van der Waals surface area contributed by atoms with E-state index in [9.17, 15) is 18.3 Å². The molecule has 1 aromatic rings. The van der Waals surface area contributed by atoms with E-state index in [0.717, 1.165) is 4.31 Å². The molecule has 0 bridgehead atoms. The second-order valence-corrected chi connectivity index (χ2v) is 6.70. The van der Waals surface area contributed by atoms with E-state index in [2.05, 4.69) is 4.74 Å². The number of nitrogens with zero attached hydrogens (tertiary/aromatic N) is 1. The summed E-state index contributed by atoms with van der Waals surface area (Å²) in [4.78, 5) is 11.6. The highest BCUT2D eigenvalue weighted by atomic mass is 35.5. The van der Waals surface area contributed by atoms with Gasteiger partial charge in [0.2, 0.25) is 10.0 Å². The second kappa shape index (κ2) is 5.69. The fourth-order valence-corrected chi connectivity index (χ4v) is 4.30. The van der Waals surface area contributed by atoms with Crippen molar-refractivity contribution in [3.63, 3.8) is 0 Å². The molecule has 1 N–H and O–H groups in total. The van der Waals surface area contributed by atoms with Gasteiger partial charge in [-0.3, -0.25) is 4.79 Å². The average molecular weight is 320 g/mol. The highest BCUT2D eigenvalue weighted by Gasteiger charge is 2.44. The van der Waals surface area contributed by atoms with Gasteiger partial charge in [0.25, 0.3) is 0 Å². The molecule has 2 unspecified atom stereocenters. The maximum Gasteiger partial charge on any atom is 0.324 e. The van der Waals surface area contributed by atoms with E-state index in [1.807, 2.05) is 0 Å². The van der Waals surface area contributed by atoms with Crippen LogP contribution in [0, 0.1) is 0 Å². The molecule has 1 aliphatic heterocycles. The summed E-state index contributed by atoms with van der Waals surface area (Å²) in [7, 11) is -2.79. The summed E-state index contributed by atoms with van der Waals surface area (Å²) >= 11 is 5.90. The van der Waals surface area contributed by atoms with E-state index in [4.69, 9.17) is 11.6 Å². The van der Waals surface area contributed by atoms with Gasteiger partial charge in [-0.1, -0.05) is 23.7 Å². The third kappa shape index (κ3) is 2.67. The number of halogens is 1. The second-order valence-electron chi connectivity index (χ2n) is 4.43. The molecule has 0 aliphatic carbocycles. The molecule has 1 fully saturated rings. The zero-order valence-corrected chi connectivity index (χ0v) is 12.3. The lowest BCUT2D eigenvalue weighted by atomic mass is 10.2. The van der Waals surface area contributed by atoms with Crippen molar-refractivity contribution < 1.29 is 23.1 Å². The summed E-state index contributed by atoms with van der Waals surface area (Å²) in [5, 5.41) is 9.71. The lowest BCUT2D eigenvalue weighted by molar-refractivity contribution is -0.144. The lowest BCUT2D eigenvalue weighted by Gasteiger charge is -2.22. The fourth-order valence-electron chi connectivity index (χ4n) is 2.18. The molecule has 0 aromatic heterocycles. The number of aliphatic hydroxyl groups is 1. The van der Waals surface area contributed by atoms with Crippen molar-refractivity contribution in [3.8, 4) is 0 Å². The number of rotatable bonds is 3. The molecular formula is C12H14ClNO5S. The molecule has 1 aliphatic rings. The molecule has 2 atom stereocenters. The smallest absolute Gasteiger partial charge is 0.324 e. The number of hydrogen-bond acceptors (Lipinski definition) is 5. The Labute approximate surface area is 122 Å².